The van der Waals surface area contributed by atoms with Gasteiger partial charge in [-0.25, -0.2) is 4.79 Å². The standard InChI is InChI=1S/C29H27N3O6/c1-28(26(35)37-2)23(22(33)17-13-15-19(16-14-17)30-27(36)38-3)29(24(32-28)18-9-5-4-6-10-18)20-11-7-8-12-21(20)31-25(29)34/h4-16,23-24,32H,1-3H3,(H,30,36)(H,31,34). The van der Waals surface area contributed by atoms with Gasteiger partial charge in [0.05, 0.1) is 26.2 Å². The summed E-state index contributed by atoms with van der Waals surface area (Å²) >= 11 is 0. The van der Waals surface area contributed by atoms with Crippen molar-refractivity contribution in [3.63, 3.8) is 0 Å². The van der Waals surface area contributed by atoms with E-state index in [-0.39, 0.29) is 11.5 Å². The lowest BCUT2D eigenvalue weighted by molar-refractivity contribution is -0.148. The number of amides is 2. The van der Waals surface area contributed by atoms with Crippen LogP contribution in [-0.4, -0.2) is 43.5 Å². The molecule has 2 amide bonds. The Morgan fingerprint density at radius 3 is 2.18 bits per heavy atom. The summed E-state index contributed by atoms with van der Waals surface area (Å²) < 4.78 is 9.81. The van der Waals surface area contributed by atoms with E-state index < -0.39 is 40.8 Å². The molecule has 2 heterocycles. The molecule has 4 unspecified atom stereocenters. The minimum atomic E-state index is -1.55. The van der Waals surface area contributed by atoms with Gasteiger partial charge < -0.3 is 14.8 Å². The summed E-state index contributed by atoms with van der Waals surface area (Å²) in [4.78, 5) is 53.5. The second-order valence-corrected chi connectivity index (χ2v) is 9.54. The quantitative estimate of drug-likeness (QED) is 0.350. The molecule has 1 saturated heterocycles. The zero-order valence-corrected chi connectivity index (χ0v) is 21.1. The van der Waals surface area contributed by atoms with Gasteiger partial charge in [-0.15, -0.1) is 0 Å². The van der Waals surface area contributed by atoms with Crippen LogP contribution < -0.4 is 16.0 Å². The van der Waals surface area contributed by atoms with Crippen molar-refractivity contribution in [2.45, 2.75) is 23.9 Å². The van der Waals surface area contributed by atoms with Crippen LogP contribution in [-0.2, 0) is 24.5 Å². The third-order valence-corrected chi connectivity index (χ3v) is 7.53. The molecule has 1 spiro atoms. The molecule has 0 radical (unpaired) electrons. The third-order valence-electron chi connectivity index (χ3n) is 7.53. The summed E-state index contributed by atoms with van der Waals surface area (Å²) in [6, 6.07) is 22.0. The Kier molecular flexibility index (Phi) is 6.24. The number of nitrogens with one attached hydrogen (secondary N) is 3. The number of para-hydroxylation sites is 1. The Hall–Kier alpha value is -4.50. The summed E-state index contributed by atoms with van der Waals surface area (Å²) in [5.74, 6) is -2.62. The van der Waals surface area contributed by atoms with Crippen molar-refractivity contribution >= 4 is 35.1 Å². The molecule has 9 heteroatoms. The van der Waals surface area contributed by atoms with E-state index >= 15 is 0 Å². The van der Waals surface area contributed by atoms with Gasteiger partial charge in [-0.3, -0.25) is 25.0 Å². The molecule has 3 aromatic rings. The van der Waals surface area contributed by atoms with E-state index in [4.69, 9.17) is 4.74 Å². The summed E-state index contributed by atoms with van der Waals surface area (Å²) in [7, 11) is 2.51. The molecule has 3 N–H and O–H groups in total. The van der Waals surface area contributed by atoms with Gasteiger partial charge in [-0.1, -0.05) is 48.5 Å². The zero-order valence-electron chi connectivity index (χ0n) is 21.1. The maximum absolute atomic E-state index is 14.4. The summed E-state index contributed by atoms with van der Waals surface area (Å²) in [5.41, 5.74) is -0.346. The minimum Gasteiger partial charge on any atom is -0.468 e. The molecule has 2 aliphatic heterocycles. The van der Waals surface area contributed by atoms with E-state index in [0.29, 0.717) is 16.9 Å². The molecule has 3 aromatic carbocycles. The van der Waals surface area contributed by atoms with E-state index in [2.05, 4.69) is 20.7 Å². The van der Waals surface area contributed by atoms with Crippen LogP contribution in [0.4, 0.5) is 16.2 Å². The third kappa shape index (κ3) is 3.66. The van der Waals surface area contributed by atoms with Crippen LogP contribution in [0.1, 0.15) is 34.5 Å². The molecule has 0 saturated carbocycles. The number of benzene rings is 3. The number of ketones is 1. The van der Waals surface area contributed by atoms with Gasteiger partial charge >= 0.3 is 12.1 Å². The lowest BCUT2D eigenvalue weighted by Gasteiger charge is -2.36. The van der Waals surface area contributed by atoms with Crippen molar-refractivity contribution in [2.75, 3.05) is 24.9 Å². The Labute approximate surface area is 219 Å². The average molecular weight is 514 g/mol. The summed E-state index contributed by atoms with van der Waals surface area (Å²) in [6.07, 6.45) is -0.647. The Balaban J connectivity index is 1.72. The number of carbonyl (C=O) groups excluding carboxylic acids is 4. The van der Waals surface area contributed by atoms with Crippen LogP contribution >= 0.6 is 0 Å². The SMILES string of the molecule is COC(=O)Nc1ccc(C(=O)C2C(C)(C(=O)OC)NC(c3ccccc3)C23C(=O)Nc2ccccc23)cc1. The van der Waals surface area contributed by atoms with Crippen LogP contribution in [0.5, 0.6) is 0 Å². The first-order chi connectivity index (χ1) is 18.3. The number of hydrogen-bond donors (Lipinski definition) is 3. The van der Waals surface area contributed by atoms with Crippen LogP contribution in [0.15, 0.2) is 78.9 Å². The molecular weight excluding hydrogens is 486 g/mol. The molecule has 2 aliphatic rings. The highest BCUT2D eigenvalue weighted by atomic mass is 16.5. The van der Waals surface area contributed by atoms with Gasteiger partial charge in [-0.2, -0.15) is 0 Å². The fourth-order valence-corrected chi connectivity index (χ4v) is 5.90. The van der Waals surface area contributed by atoms with Crippen molar-refractivity contribution in [3.05, 3.63) is 95.6 Å². The molecule has 4 atom stereocenters. The van der Waals surface area contributed by atoms with Gasteiger partial charge in [0.1, 0.15) is 11.0 Å². The second-order valence-electron chi connectivity index (χ2n) is 9.54. The number of hydrogen-bond acceptors (Lipinski definition) is 7. The van der Waals surface area contributed by atoms with Crippen LogP contribution in [0.25, 0.3) is 0 Å². The maximum atomic E-state index is 14.4. The Morgan fingerprint density at radius 1 is 0.868 bits per heavy atom. The zero-order chi connectivity index (χ0) is 27.1. The van der Waals surface area contributed by atoms with Crippen molar-refractivity contribution in [1.29, 1.82) is 0 Å². The molecule has 5 rings (SSSR count). The predicted molar refractivity (Wildman–Crippen MR) is 140 cm³/mol. The fourth-order valence-electron chi connectivity index (χ4n) is 5.90. The highest BCUT2D eigenvalue weighted by molar-refractivity contribution is 6.15. The largest absolute Gasteiger partial charge is 0.468 e. The summed E-state index contributed by atoms with van der Waals surface area (Å²) in [5, 5.41) is 8.85. The van der Waals surface area contributed by atoms with E-state index in [9.17, 15) is 19.2 Å². The topological polar surface area (TPSA) is 123 Å². The molecule has 38 heavy (non-hydrogen) atoms. The number of methoxy groups -OCH3 is 2. The average Bonchev–Trinajstić information content (AvgIpc) is 3.40. The molecule has 1 fully saturated rings. The van der Waals surface area contributed by atoms with Crippen LogP contribution in [0.2, 0.25) is 0 Å². The van der Waals surface area contributed by atoms with Crippen LogP contribution in [0.3, 0.4) is 0 Å². The lowest BCUT2D eigenvalue weighted by atomic mass is 9.61. The molecule has 9 nitrogen and oxygen atoms in total. The number of fused-ring (bicyclic) bond motifs is 2. The van der Waals surface area contributed by atoms with Crippen LogP contribution in [0, 0.1) is 5.92 Å². The molecule has 0 aromatic heterocycles. The maximum Gasteiger partial charge on any atom is 0.411 e. The lowest BCUT2D eigenvalue weighted by Crippen LogP contribution is -2.56. The number of anilines is 2. The van der Waals surface area contributed by atoms with E-state index in [0.717, 1.165) is 5.56 Å². The first kappa shape index (κ1) is 25.2. The van der Waals surface area contributed by atoms with Crippen molar-refractivity contribution in [3.8, 4) is 0 Å². The van der Waals surface area contributed by atoms with Gasteiger partial charge in [0.25, 0.3) is 0 Å². The predicted octanol–water partition coefficient (Wildman–Crippen LogP) is 3.83. The van der Waals surface area contributed by atoms with Gasteiger partial charge in [0.15, 0.2) is 5.78 Å². The minimum absolute atomic E-state index is 0.271. The monoisotopic (exact) mass is 513 g/mol. The molecular formula is C29H27N3O6. The summed E-state index contributed by atoms with van der Waals surface area (Å²) in [6.45, 7) is 1.60. The van der Waals surface area contributed by atoms with Gasteiger partial charge in [-0.05, 0) is 48.4 Å². The highest BCUT2D eigenvalue weighted by Crippen LogP contribution is 2.59. The second kappa shape index (κ2) is 9.42. The van der Waals surface area contributed by atoms with Crippen molar-refractivity contribution < 1.29 is 28.7 Å². The first-order valence-electron chi connectivity index (χ1n) is 12.1. The number of carbonyl (C=O) groups is 4. The van der Waals surface area contributed by atoms with Crippen molar-refractivity contribution in [2.24, 2.45) is 5.92 Å². The normalized spacial score (nSPS) is 25.4. The van der Waals surface area contributed by atoms with Gasteiger partial charge in [0.2, 0.25) is 5.91 Å². The number of rotatable bonds is 5. The number of esters is 1. The first-order valence-corrected chi connectivity index (χ1v) is 12.1. The van der Waals surface area contributed by atoms with Gasteiger partial charge in [0, 0.05) is 16.9 Å². The van der Waals surface area contributed by atoms with Crippen molar-refractivity contribution in [1.82, 2.24) is 5.32 Å². The highest BCUT2D eigenvalue weighted by Gasteiger charge is 2.72. The Morgan fingerprint density at radius 2 is 1.53 bits per heavy atom. The number of ether oxygens (including phenoxy) is 2. The number of Topliss-reactive ketones (excluding diaryl/α,β-unsaturated/α-hetero) is 1. The molecule has 0 aliphatic carbocycles. The molecule has 194 valence electrons. The van der Waals surface area contributed by atoms with E-state index in [1.54, 1.807) is 43.3 Å². The fraction of sp³-hybridized carbons (Fsp3) is 0.241. The molecule has 0 bridgehead atoms. The Bertz CT molecular complexity index is 1420. The van der Waals surface area contributed by atoms with E-state index in [1.165, 1.54) is 14.2 Å². The smallest absolute Gasteiger partial charge is 0.411 e. The van der Waals surface area contributed by atoms with E-state index in [1.807, 2.05) is 42.5 Å².